The molecule has 8 nitrogen and oxygen atoms in total. The molecule has 0 unspecified atom stereocenters. The van der Waals surface area contributed by atoms with E-state index in [2.05, 4.69) is 20.8 Å². The number of hydrogen-bond acceptors (Lipinski definition) is 6. The van der Waals surface area contributed by atoms with Gasteiger partial charge >= 0.3 is 6.03 Å². The van der Waals surface area contributed by atoms with Crippen LogP contribution in [0.3, 0.4) is 0 Å². The molecule has 2 aromatic carbocycles. The van der Waals surface area contributed by atoms with Crippen molar-refractivity contribution in [3.8, 4) is 5.75 Å². The molecular weight excluding hydrogens is 433 g/mol. The number of carbonyl (C=O) groups excluding carboxylic acids is 2. The van der Waals surface area contributed by atoms with Crippen LogP contribution in [0.15, 0.2) is 48.5 Å². The number of urea groups is 1. The van der Waals surface area contributed by atoms with Crippen LogP contribution in [0.4, 0.5) is 20.6 Å². The summed E-state index contributed by atoms with van der Waals surface area (Å²) in [6, 6.07) is 12.2. The fraction of sp³-hybridized carbons (Fsp3) is 0.273. The Morgan fingerprint density at radius 1 is 1.16 bits per heavy atom. The summed E-state index contributed by atoms with van der Waals surface area (Å²) >= 11 is 1.14. The molecular formula is C22H22FN5O3S. The van der Waals surface area contributed by atoms with Gasteiger partial charge in [0.2, 0.25) is 5.01 Å². The molecule has 1 atom stereocenters. The van der Waals surface area contributed by atoms with Crippen LogP contribution in [0.5, 0.6) is 5.75 Å². The minimum absolute atomic E-state index is 0.179. The first-order valence-electron chi connectivity index (χ1n) is 10.2. The average molecular weight is 456 g/mol. The van der Waals surface area contributed by atoms with Gasteiger partial charge in [0.05, 0.1) is 18.3 Å². The summed E-state index contributed by atoms with van der Waals surface area (Å²) in [4.78, 5) is 27.1. The molecule has 3 amide bonds. The van der Waals surface area contributed by atoms with Crippen molar-refractivity contribution >= 4 is 34.6 Å². The Kier molecular flexibility index (Phi) is 6.60. The molecule has 1 aromatic heterocycles. The monoisotopic (exact) mass is 455 g/mol. The molecule has 0 bridgehead atoms. The first-order chi connectivity index (χ1) is 15.5. The van der Waals surface area contributed by atoms with E-state index in [4.69, 9.17) is 4.74 Å². The molecule has 1 fully saturated rings. The molecule has 0 radical (unpaired) electrons. The predicted molar refractivity (Wildman–Crippen MR) is 120 cm³/mol. The summed E-state index contributed by atoms with van der Waals surface area (Å²) in [7, 11) is 0. The molecule has 0 saturated carbocycles. The van der Waals surface area contributed by atoms with Gasteiger partial charge in [-0.15, -0.1) is 10.2 Å². The molecule has 4 rings (SSSR count). The zero-order chi connectivity index (χ0) is 22.5. The van der Waals surface area contributed by atoms with Crippen LogP contribution < -0.4 is 15.4 Å². The highest BCUT2D eigenvalue weighted by Crippen LogP contribution is 2.35. The molecule has 1 saturated heterocycles. The Hall–Kier alpha value is -3.53. The highest BCUT2D eigenvalue weighted by Gasteiger charge is 2.33. The number of hydrogen-bond donors (Lipinski definition) is 2. The lowest BCUT2D eigenvalue weighted by molar-refractivity contribution is 0.102. The van der Waals surface area contributed by atoms with Crippen LogP contribution in [-0.4, -0.2) is 40.2 Å². The number of halogens is 1. The number of ether oxygens (including phenoxy) is 1. The maximum absolute atomic E-state index is 13.0. The fourth-order valence-electron chi connectivity index (χ4n) is 3.48. The quantitative estimate of drug-likeness (QED) is 0.562. The second-order valence-corrected chi connectivity index (χ2v) is 8.13. The van der Waals surface area contributed by atoms with Crippen molar-refractivity contribution in [1.82, 2.24) is 15.1 Å². The number of para-hydroxylation sites is 2. The third-order valence-electron chi connectivity index (χ3n) is 4.96. The van der Waals surface area contributed by atoms with Gasteiger partial charge in [-0.05, 0) is 56.2 Å². The number of carbonyl (C=O) groups is 2. The van der Waals surface area contributed by atoms with Crippen molar-refractivity contribution in [1.29, 1.82) is 0 Å². The number of aromatic nitrogens is 2. The average Bonchev–Trinajstić information content (AvgIpc) is 3.46. The molecule has 0 spiro atoms. The molecule has 1 aliphatic rings. The highest BCUT2D eigenvalue weighted by atomic mass is 32.1. The van der Waals surface area contributed by atoms with Gasteiger partial charge in [0.25, 0.3) is 5.91 Å². The normalized spacial score (nSPS) is 15.4. The van der Waals surface area contributed by atoms with E-state index in [-0.39, 0.29) is 22.9 Å². The van der Waals surface area contributed by atoms with Crippen LogP contribution in [0, 0.1) is 5.82 Å². The lowest BCUT2D eigenvalue weighted by Gasteiger charge is -2.23. The van der Waals surface area contributed by atoms with Crippen molar-refractivity contribution in [3.05, 3.63) is 64.4 Å². The third kappa shape index (κ3) is 4.86. The van der Waals surface area contributed by atoms with Crippen molar-refractivity contribution in [2.24, 2.45) is 0 Å². The van der Waals surface area contributed by atoms with Crippen molar-refractivity contribution in [2.75, 3.05) is 23.8 Å². The van der Waals surface area contributed by atoms with E-state index in [0.29, 0.717) is 35.3 Å². The number of nitrogens with one attached hydrogen (secondary N) is 2. The number of nitrogens with zero attached hydrogens (tertiary/aromatic N) is 3. The SMILES string of the molecule is CCOc1ccccc1NC(=O)N1CCC[C@H]1c1nnc(C(=O)Nc2ccc(F)cc2)s1. The summed E-state index contributed by atoms with van der Waals surface area (Å²) in [5.74, 6) is -0.209. The van der Waals surface area contributed by atoms with E-state index in [1.807, 2.05) is 19.1 Å². The Bertz CT molecular complexity index is 1100. The van der Waals surface area contributed by atoms with E-state index in [9.17, 15) is 14.0 Å². The van der Waals surface area contributed by atoms with E-state index >= 15 is 0 Å². The van der Waals surface area contributed by atoms with Crippen molar-refractivity contribution in [2.45, 2.75) is 25.8 Å². The maximum Gasteiger partial charge on any atom is 0.322 e. The number of benzene rings is 2. The van der Waals surface area contributed by atoms with Gasteiger partial charge in [-0.3, -0.25) is 4.79 Å². The Labute approximate surface area is 188 Å². The molecule has 2 N–H and O–H groups in total. The maximum atomic E-state index is 13.0. The second kappa shape index (κ2) is 9.73. The lowest BCUT2D eigenvalue weighted by atomic mass is 10.2. The van der Waals surface area contributed by atoms with Crippen LogP contribution in [0.2, 0.25) is 0 Å². The largest absolute Gasteiger partial charge is 0.492 e. The zero-order valence-corrected chi connectivity index (χ0v) is 18.2. The highest BCUT2D eigenvalue weighted by molar-refractivity contribution is 7.13. The molecule has 1 aliphatic heterocycles. The van der Waals surface area contributed by atoms with Crippen LogP contribution in [0.25, 0.3) is 0 Å². The molecule has 32 heavy (non-hydrogen) atoms. The van der Waals surface area contributed by atoms with E-state index in [0.717, 1.165) is 24.2 Å². The van der Waals surface area contributed by atoms with Gasteiger partial charge in [0.15, 0.2) is 0 Å². The van der Waals surface area contributed by atoms with Gasteiger partial charge in [-0.1, -0.05) is 23.5 Å². The van der Waals surface area contributed by atoms with Gasteiger partial charge < -0.3 is 20.3 Å². The molecule has 3 aromatic rings. The van der Waals surface area contributed by atoms with E-state index in [1.54, 1.807) is 17.0 Å². The number of amides is 3. The van der Waals surface area contributed by atoms with Gasteiger partial charge in [-0.2, -0.15) is 0 Å². The van der Waals surface area contributed by atoms with Gasteiger partial charge in [0.1, 0.15) is 16.6 Å². The first kappa shape index (κ1) is 21.7. The summed E-state index contributed by atoms with van der Waals surface area (Å²) in [5.41, 5.74) is 1.06. The molecule has 2 heterocycles. The fourth-order valence-corrected chi connectivity index (χ4v) is 4.37. The standard InChI is InChI=1S/C22H22FN5O3S/c1-2-31-18-8-4-3-6-16(18)25-22(30)28-13-5-7-17(28)20-26-27-21(32-20)19(29)24-15-11-9-14(23)10-12-15/h3-4,6,8-12,17H,2,5,7,13H2,1H3,(H,24,29)(H,25,30)/t17-/m0/s1. The topological polar surface area (TPSA) is 96.4 Å². The summed E-state index contributed by atoms with van der Waals surface area (Å²) in [6.07, 6.45) is 1.55. The van der Waals surface area contributed by atoms with Crippen molar-refractivity contribution in [3.63, 3.8) is 0 Å². The Balaban J connectivity index is 1.44. The third-order valence-corrected chi connectivity index (χ3v) is 5.99. The van der Waals surface area contributed by atoms with Crippen molar-refractivity contribution < 1.29 is 18.7 Å². The van der Waals surface area contributed by atoms with Gasteiger partial charge in [-0.25, -0.2) is 9.18 Å². The van der Waals surface area contributed by atoms with Gasteiger partial charge in [0, 0.05) is 12.2 Å². The van der Waals surface area contributed by atoms with E-state index in [1.165, 1.54) is 24.3 Å². The van der Waals surface area contributed by atoms with Crippen LogP contribution >= 0.6 is 11.3 Å². The lowest BCUT2D eigenvalue weighted by Crippen LogP contribution is -2.34. The number of anilines is 2. The smallest absolute Gasteiger partial charge is 0.322 e. The Morgan fingerprint density at radius 3 is 2.72 bits per heavy atom. The molecule has 166 valence electrons. The summed E-state index contributed by atoms with van der Waals surface area (Å²) in [6.45, 7) is 2.95. The number of likely N-dealkylation sites (tertiary alicyclic amines) is 1. The predicted octanol–water partition coefficient (Wildman–Crippen LogP) is 4.70. The van der Waals surface area contributed by atoms with E-state index < -0.39 is 5.91 Å². The molecule has 0 aliphatic carbocycles. The number of rotatable bonds is 6. The van der Waals surface area contributed by atoms with Crippen LogP contribution in [-0.2, 0) is 0 Å². The summed E-state index contributed by atoms with van der Waals surface area (Å²) < 4.78 is 18.6. The first-order valence-corrected chi connectivity index (χ1v) is 11.1. The van der Waals surface area contributed by atoms with Crippen LogP contribution in [0.1, 0.15) is 40.6 Å². The Morgan fingerprint density at radius 2 is 1.94 bits per heavy atom. The molecule has 10 heteroatoms. The zero-order valence-electron chi connectivity index (χ0n) is 17.4. The minimum atomic E-state index is -0.431. The second-order valence-electron chi connectivity index (χ2n) is 7.12. The summed E-state index contributed by atoms with van der Waals surface area (Å²) in [5, 5.41) is 14.5. The minimum Gasteiger partial charge on any atom is -0.492 e.